The van der Waals surface area contributed by atoms with Crippen molar-refractivity contribution in [2.75, 3.05) is 13.2 Å². The molecule has 4 fully saturated rings. The minimum absolute atomic E-state index is 0.0592. The van der Waals surface area contributed by atoms with Crippen LogP contribution in [0.5, 0.6) is 0 Å². The van der Waals surface area contributed by atoms with E-state index in [1.165, 1.54) is 12.8 Å². The third-order valence-electron chi connectivity index (χ3n) is 9.90. The maximum Gasteiger partial charge on any atom is 0.118 e. The molecule has 8 atom stereocenters. The lowest BCUT2D eigenvalue weighted by atomic mass is 9.43. The molecule has 4 N–H and O–H groups in total. The van der Waals surface area contributed by atoms with Gasteiger partial charge in [-0.15, -0.1) is 0 Å². The zero-order chi connectivity index (χ0) is 21.4. The van der Waals surface area contributed by atoms with E-state index in [1.54, 1.807) is 6.21 Å². The maximum atomic E-state index is 12.1. The second-order valence-corrected chi connectivity index (χ2v) is 11.1. The minimum Gasteiger partial charge on any atom is -0.396 e. The fourth-order valence-electron chi connectivity index (χ4n) is 8.02. The fourth-order valence-corrected chi connectivity index (χ4v) is 8.02. The van der Waals surface area contributed by atoms with Crippen LogP contribution in [0.15, 0.2) is 17.3 Å². The van der Waals surface area contributed by atoms with Crippen molar-refractivity contribution < 1.29 is 15.1 Å². The first kappa shape index (κ1) is 22.3. The van der Waals surface area contributed by atoms with Gasteiger partial charge in [-0.05, 0) is 106 Å². The van der Waals surface area contributed by atoms with E-state index in [4.69, 9.17) is 10.6 Å². The number of rotatable bonds is 6. The van der Waals surface area contributed by atoms with Gasteiger partial charge in [0, 0.05) is 5.41 Å². The molecule has 0 aromatic heterocycles. The average molecular weight is 419 g/mol. The number of aliphatic hydroxyl groups is 2. The molecule has 0 aromatic carbocycles. The number of hydrogen-bond donors (Lipinski definition) is 3. The molecule has 5 nitrogen and oxygen atoms in total. The molecule has 0 bridgehead atoms. The number of allylic oxidation sites excluding steroid dienone is 2. The van der Waals surface area contributed by atoms with Crippen LogP contribution in [-0.4, -0.2) is 41.3 Å². The number of nitrogens with zero attached hydrogens (tertiary/aromatic N) is 1. The highest BCUT2D eigenvalue weighted by Crippen LogP contribution is 2.69. The summed E-state index contributed by atoms with van der Waals surface area (Å²) < 4.78 is 0. The lowest BCUT2D eigenvalue weighted by Crippen LogP contribution is -2.62. The molecule has 0 saturated heterocycles. The molecule has 4 rings (SSSR count). The Bertz CT molecular complexity index is 667. The van der Waals surface area contributed by atoms with Crippen molar-refractivity contribution in [3.05, 3.63) is 12.2 Å². The number of nitrogens with two attached hydrogens (primary N) is 1. The van der Waals surface area contributed by atoms with Gasteiger partial charge in [-0.2, -0.15) is 0 Å². The van der Waals surface area contributed by atoms with Crippen molar-refractivity contribution in [1.29, 1.82) is 0 Å². The minimum atomic E-state index is -0.566. The van der Waals surface area contributed by atoms with E-state index >= 15 is 0 Å². The summed E-state index contributed by atoms with van der Waals surface area (Å²) in [6, 6.07) is 0. The van der Waals surface area contributed by atoms with E-state index < -0.39 is 5.60 Å². The Morgan fingerprint density at radius 2 is 1.90 bits per heavy atom. The van der Waals surface area contributed by atoms with Crippen LogP contribution in [-0.2, 0) is 4.84 Å². The Balaban J connectivity index is 1.46. The van der Waals surface area contributed by atoms with Gasteiger partial charge >= 0.3 is 0 Å². The first-order valence-electron chi connectivity index (χ1n) is 12.3. The Morgan fingerprint density at radius 3 is 2.70 bits per heavy atom. The van der Waals surface area contributed by atoms with Crippen LogP contribution in [0, 0.1) is 34.5 Å². The predicted octanol–water partition coefficient (Wildman–Crippen LogP) is 4.03. The summed E-state index contributed by atoms with van der Waals surface area (Å²) in [5.41, 5.74) is 5.13. The van der Waals surface area contributed by atoms with E-state index in [0.29, 0.717) is 42.2 Å². The third kappa shape index (κ3) is 3.55. The quantitative estimate of drug-likeness (QED) is 0.345. The molecule has 0 radical (unpaired) electrons. The molecule has 30 heavy (non-hydrogen) atoms. The smallest absolute Gasteiger partial charge is 0.118 e. The van der Waals surface area contributed by atoms with Gasteiger partial charge in [0.05, 0.1) is 17.9 Å². The van der Waals surface area contributed by atoms with Gasteiger partial charge in [-0.1, -0.05) is 25.1 Å². The van der Waals surface area contributed by atoms with E-state index in [-0.39, 0.29) is 11.5 Å². The van der Waals surface area contributed by atoms with Crippen LogP contribution in [0.3, 0.4) is 0 Å². The molecule has 4 saturated carbocycles. The third-order valence-corrected chi connectivity index (χ3v) is 9.90. The van der Waals surface area contributed by atoms with Crippen LogP contribution < -0.4 is 5.73 Å². The van der Waals surface area contributed by atoms with Crippen LogP contribution in [0.1, 0.15) is 78.1 Å². The SMILES string of the molecule is C[C@]12CC[C@H](O)C[C@H]1CC[C@@H]1[C@@H]2CC[C@]2(C)[C@@H](/C=C/C=N/OCCCN)CC[C@]12O. The molecule has 0 aliphatic heterocycles. The van der Waals surface area contributed by atoms with Crippen molar-refractivity contribution in [1.82, 2.24) is 0 Å². The Morgan fingerprint density at radius 1 is 1.07 bits per heavy atom. The molecule has 4 aliphatic carbocycles. The molecular formula is C25H42N2O3. The van der Waals surface area contributed by atoms with Crippen molar-refractivity contribution in [3.63, 3.8) is 0 Å². The molecule has 0 unspecified atom stereocenters. The normalized spacial score (nSPS) is 48.5. The maximum absolute atomic E-state index is 12.1. The summed E-state index contributed by atoms with van der Waals surface area (Å²) in [5, 5.41) is 26.3. The predicted molar refractivity (Wildman–Crippen MR) is 120 cm³/mol. The Hall–Kier alpha value is -0.910. The molecule has 4 aliphatic rings. The van der Waals surface area contributed by atoms with Gasteiger partial charge in [0.15, 0.2) is 0 Å². The molecule has 0 aromatic rings. The molecule has 0 heterocycles. The van der Waals surface area contributed by atoms with Gasteiger partial charge in [0.25, 0.3) is 0 Å². The van der Waals surface area contributed by atoms with Crippen LogP contribution in [0.25, 0.3) is 0 Å². The van der Waals surface area contributed by atoms with Gasteiger partial charge < -0.3 is 20.8 Å². The monoisotopic (exact) mass is 418 g/mol. The molecule has 5 heteroatoms. The summed E-state index contributed by atoms with van der Waals surface area (Å²) in [5.74, 6) is 2.02. The molecule has 170 valence electrons. The van der Waals surface area contributed by atoms with Crippen molar-refractivity contribution >= 4 is 6.21 Å². The molecule has 0 amide bonds. The molecule has 0 spiro atoms. The average Bonchev–Trinajstić information content (AvgIpc) is 2.99. The lowest BCUT2D eigenvalue weighted by molar-refractivity contribution is -0.207. The fraction of sp³-hybridized carbons (Fsp3) is 0.880. The van der Waals surface area contributed by atoms with E-state index in [0.717, 1.165) is 51.4 Å². The van der Waals surface area contributed by atoms with Crippen LogP contribution >= 0.6 is 0 Å². The van der Waals surface area contributed by atoms with Gasteiger partial charge in [0.2, 0.25) is 0 Å². The highest BCUT2D eigenvalue weighted by atomic mass is 16.6. The van der Waals surface area contributed by atoms with Crippen molar-refractivity contribution in [2.45, 2.75) is 89.8 Å². The van der Waals surface area contributed by atoms with Crippen LogP contribution in [0.2, 0.25) is 0 Å². The number of aliphatic hydroxyl groups excluding tert-OH is 1. The highest BCUT2D eigenvalue weighted by Gasteiger charge is 2.66. The largest absolute Gasteiger partial charge is 0.396 e. The van der Waals surface area contributed by atoms with Gasteiger partial charge in [-0.3, -0.25) is 0 Å². The second-order valence-electron chi connectivity index (χ2n) is 11.1. The summed E-state index contributed by atoms with van der Waals surface area (Å²) in [4.78, 5) is 5.20. The number of fused-ring (bicyclic) bond motifs is 5. The first-order chi connectivity index (χ1) is 14.3. The van der Waals surface area contributed by atoms with Crippen molar-refractivity contribution in [3.8, 4) is 0 Å². The summed E-state index contributed by atoms with van der Waals surface area (Å²) in [6.45, 7) is 5.98. The summed E-state index contributed by atoms with van der Waals surface area (Å²) >= 11 is 0. The summed E-state index contributed by atoms with van der Waals surface area (Å²) in [6.07, 6.45) is 16.3. The van der Waals surface area contributed by atoms with Crippen LogP contribution in [0.4, 0.5) is 0 Å². The van der Waals surface area contributed by atoms with E-state index in [9.17, 15) is 10.2 Å². The number of oxime groups is 1. The zero-order valence-corrected chi connectivity index (χ0v) is 18.9. The Kier molecular flexibility index (Phi) is 6.36. The lowest BCUT2D eigenvalue weighted by Gasteiger charge is -2.63. The topological polar surface area (TPSA) is 88.1 Å². The van der Waals surface area contributed by atoms with Crippen molar-refractivity contribution in [2.24, 2.45) is 45.4 Å². The highest BCUT2D eigenvalue weighted by molar-refractivity contribution is 5.70. The van der Waals surface area contributed by atoms with E-state index in [2.05, 4.69) is 25.1 Å². The van der Waals surface area contributed by atoms with Gasteiger partial charge in [-0.25, -0.2) is 0 Å². The zero-order valence-electron chi connectivity index (χ0n) is 18.9. The number of hydrogen-bond acceptors (Lipinski definition) is 5. The molecular weight excluding hydrogens is 376 g/mol. The first-order valence-corrected chi connectivity index (χ1v) is 12.3. The van der Waals surface area contributed by atoms with Gasteiger partial charge in [0.1, 0.15) is 6.61 Å². The standard InChI is InChI=1S/C25H42N2O3/c1-23-11-9-20(28)17-19(23)6-7-22-21(23)10-12-24(2)18(8-13-25(22,24)29)5-3-15-27-30-16-4-14-26/h3,5,15,18-22,28-29H,4,6-14,16-17,26H2,1-2H3/b5-3+,27-15+/t18-,19+,20-,21-,22+,23-,24+,25-/m0/s1. The summed E-state index contributed by atoms with van der Waals surface area (Å²) in [7, 11) is 0. The van der Waals surface area contributed by atoms with E-state index in [1.807, 2.05) is 6.08 Å². The Labute approximate surface area is 182 Å². The second kappa shape index (κ2) is 8.55.